The lowest BCUT2D eigenvalue weighted by atomic mass is 9.83. The van der Waals surface area contributed by atoms with Crippen molar-refractivity contribution >= 4 is 32.7 Å². The Balaban J connectivity index is 0.000000222. The molecular formula is C31H39N5O3S. The third-order valence-electron chi connectivity index (χ3n) is 7.33. The average Bonchev–Trinajstić information content (AvgIpc) is 3.44. The van der Waals surface area contributed by atoms with Crippen molar-refractivity contribution in [3.05, 3.63) is 83.9 Å². The number of aromatic nitrogens is 3. The lowest BCUT2D eigenvalue weighted by Crippen LogP contribution is -2.30. The van der Waals surface area contributed by atoms with Gasteiger partial charge in [0.15, 0.2) is 0 Å². The van der Waals surface area contributed by atoms with Gasteiger partial charge in [0.25, 0.3) is 15.9 Å². The van der Waals surface area contributed by atoms with Gasteiger partial charge in [-0.05, 0) is 68.9 Å². The summed E-state index contributed by atoms with van der Waals surface area (Å²) < 4.78 is 26.4. The second-order valence-electron chi connectivity index (χ2n) is 10.9. The Hall–Kier alpha value is -3.72. The zero-order valence-electron chi connectivity index (χ0n) is 24.0. The summed E-state index contributed by atoms with van der Waals surface area (Å²) in [5.41, 5.74) is 2.36. The third kappa shape index (κ3) is 7.07. The number of fused-ring (bicyclic) bond motifs is 1. The SMILES string of the molecule is Cc1ccc(S(=O)(=O)n2ccc(C(=O)NCC3CCC(C)CC3)c2)cc1.Cc1nc(N(C)C)c2ccccc2n1. The van der Waals surface area contributed by atoms with Crippen LogP contribution in [0.15, 0.2) is 71.9 Å². The van der Waals surface area contributed by atoms with Crippen molar-refractivity contribution in [2.45, 2.75) is 51.3 Å². The van der Waals surface area contributed by atoms with E-state index in [0.717, 1.165) is 50.8 Å². The predicted octanol–water partition coefficient (Wildman–Crippen LogP) is 5.59. The molecule has 0 spiro atoms. The highest BCUT2D eigenvalue weighted by Gasteiger charge is 2.21. The number of anilines is 1. The molecule has 1 aliphatic carbocycles. The van der Waals surface area contributed by atoms with Crippen LogP contribution in [0.1, 0.15) is 54.4 Å². The molecule has 2 aromatic heterocycles. The van der Waals surface area contributed by atoms with Crippen molar-refractivity contribution in [1.82, 2.24) is 19.3 Å². The van der Waals surface area contributed by atoms with Crippen molar-refractivity contribution in [2.24, 2.45) is 11.8 Å². The van der Waals surface area contributed by atoms with Gasteiger partial charge >= 0.3 is 0 Å². The van der Waals surface area contributed by atoms with E-state index in [1.165, 1.54) is 25.2 Å². The predicted molar refractivity (Wildman–Crippen MR) is 160 cm³/mol. The smallest absolute Gasteiger partial charge is 0.267 e. The largest absolute Gasteiger partial charge is 0.362 e. The number of para-hydroxylation sites is 1. The maximum Gasteiger partial charge on any atom is 0.267 e. The van der Waals surface area contributed by atoms with Crippen molar-refractivity contribution in [2.75, 3.05) is 25.5 Å². The minimum Gasteiger partial charge on any atom is -0.362 e. The molecule has 0 saturated heterocycles. The van der Waals surface area contributed by atoms with Crippen molar-refractivity contribution < 1.29 is 13.2 Å². The molecule has 212 valence electrons. The topological polar surface area (TPSA) is 97.2 Å². The fourth-order valence-electron chi connectivity index (χ4n) is 4.88. The van der Waals surface area contributed by atoms with Crippen molar-refractivity contribution in [1.29, 1.82) is 0 Å². The van der Waals surface area contributed by atoms with E-state index < -0.39 is 10.0 Å². The molecule has 8 nitrogen and oxygen atoms in total. The summed E-state index contributed by atoms with van der Waals surface area (Å²) >= 11 is 0. The monoisotopic (exact) mass is 561 g/mol. The van der Waals surface area contributed by atoms with Gasteiger partial charge in [-0.15, -0.1) is 0 Å². The van der Waals surface area contributed by atoms with Gasteiger partial charge in [0.2, 0.25) is 0 Å². The van der Waals surface area contributed by atoms with Crippen LogP contribution in [-0.4, -0.2) is 48.9 Å². The average molecular weight is 562 g/mol. The Bertz CT molecular complexity index is 1550. The number of amides is 1. The van der Waals surface area contributed by atoms with E-state index in [-0.39, 0.29) is 10.8 Å². The van der Waals surface area contributed by atoms with E-state index in [1.807, 2.05) is 57.1 Å². The molecule has 5 rings (SSSR count). The number of rotatable bonds is 6. The van der Waals surface area contributed by atoms with E-state index >= 15 is 0 Å². The quantitative estimate of drug-likeness (QED) is 0.329. The summed E-state index contributed by atoms with van der Waals surface area (Å²) in [5.74, 6) is 2.87. The highest BCUT2D eigenvalue weighted by Crippen LogP contribution is 2.27. The van der Waals surface area contributed by atoms with Crippen molar-refractivity contribution in [3.8, 4) is 0 Å². The van der Waals surface area contributed by atoms with Gasteiger partial charge in [-0.25, -0.2) is 22.4 Å². The van der Waals surface area contributed by atoms with Gasteiger partial charge in [-0.2, -0.15) is 0 Å². The fraction of sp³-hybridized carbons (Fsp3) is 0.387. The molecule has 1 saturated carbocycles. The molecule has 1 amide bonds. The molecule has 0 radical (unpaired) electrons. The lowest BCUT2D eigenvalue weighted by Gasteiger charge is -2.26. The van der Waals surface area contributed by atoms with Crippen molar-refractivity contribution in [3.63, 3.8) is 0 Å². The molecule has 1 fully saturated rings. The maximum atomic E-state index is 12.6. The Morgan fingerprint density at radius 3 is 2.33 bits per heavy atom. The van der Waals surface area contributed by atoms with E-state index in [1.54, 1.807) is 30.3 Å². The summed E-state index contributed by atoms with van der Waals surface area (Å²) in [4.78, 5) is 23.4. The highest BCUT2D eigenvalue weighted by molar-refractivity contribution is 7.90. The van der Waals surface area contributed by atoms with Crippen LogP contribution in [0.25, 0.3) is 10.9 Å². The first-order chi connectivity index (χ1) is 19.0. The first-order valence-electron chi connectivity index (χ1n) is 13.7. The van der Waals surface area contributed by atoms with Crippen LogP contribution in [0.4, 0.5) is 5.82 Å². The van der Waals surface area contributed by atoms with Gasteiger partial charge in [-0.1, -0.05) is 49.6 Å². The Morgan fingerprint density at radius 1 is 0.975 bits per heavy atom. The van der Waals surface area contributed by atoms with Crippen LogP contribution in [0.3, 0.4) is 0 Å². The minimum absolute atomic E-state index is 0.210. The molecule has 0 bridgehead atoms. The Kier molecular flexibility index (Phi) is 9.25. The normalized spacial score (nSPS) is 17.1. The minimum atomic E-state index is -3.67. The number of nitrogens with one attached hydrogen (secondary N) is 1. The molecule has 1 N–H and O–H groups in total. The number of carbonyl (C=O) groups is 1. The number of benzene rings is 2. The molecular weight excluding hydrogens is 522 g/mol. The van der Waals surface area contributed by atoms with Crippen LogP contribution < -0.4 is 10.2 Å². The molecule has 40 heavy (non-hydrogen) atoms. The van der Waals surface area contributed by atoms with Crippen LogP contribution in [0.5, 0.6) is 0 Å². The molecule has 0 unspecified atom stereocenters. The molecule has 0 atom stereocenters. The molecule has 4 aromatic rings. The second-order valence-corrected chi connectivity index (χ2v) is 12.7. The summed E-state index contributed by atoms with van der Waals surface area (Å²) in [6, 6.07) is 16.3. The zero-order valence-corrected chi connectivity index (χ0v) is 24.8. The van der Waals surface area contributed by atoms with E-state index in [2.05, 4.69) is 22.2 Å². The molecule has 9 heteroatoms. The summed E-state index contributed by atoms with van der Waals surface area (Å²) in [6.45, 7) is 6.74. The highest BCUT2D eigenvalue weighted by atomic mass is 32.2. The standard InChI is InChI=1S/C20H26N2O3S.C11H13N3/c1-15-3-7-17(8-4-15)13-21-20(23)18-11-12-22(14-18)26(24,25)19-9-5-16(2)6-10-19;1-8-12-10-7-5-4-6-9(10)11(13-8)14(2)3/h5-6,9-12,14-15,17H,3-4,7-8,13H2,1-2H3,(H,21,23);4-7H,1-3H3. The van der Waals surface area contributed by atoms with Gasteiger partial charge in [0.1, 0.15) is 11.6 Å². The zero-order chi connectivity index (χ0) is 28.9. The molecule has 2 aromatic carbocycles. The molecule has 2 heterocycles. The molecule has 1 aliphatic rings. The number of hydrogen-bond donors (Lipinski definition) is 1. The van der Waals surface area contributed by atoms with Crippen LogP contribution >= 0.6 is 0 Å². The van der Waals surface area contributed by atoms with Crippen LogP contribution in [-0.2, 0) is 10.0 Å². The van der Waals surface area contributed by atoms with Gasteiger partial charge in [0.05, 0.1) is 16.0 Å². The fourth-order valence-corrected chi connectivity index (χ4v) is 6.08. The summed E-state index contributed by atoms with van der Waals surface area (Å²) in [6.07, 6.45) is 7.52. The number of nitrogens with zero attached hydrogens (tertiary/aromatic N) is 4. The van der Waals surface area contributed by atoms with Gasteiger partial charge < -0.3 is 10.2 Å². The van der Waals surface area contributed by atoms with Crippen LogP contribution in [0, 0.1) is 25.7 Å². The van der Waals surface area contributed by atoms with Crippen LogP contribution in [0.2, 0.25) is 0 Å². The Morgan fingerprint density at radius 2 is 1.65 bits per heavy atom. The Labute approximate surface area is 237 Å². The molecule has 0 aliphatic heterocycles. The second kappa shape index (κ2) is 12.6. The van der Waals surface area contributed by atoms with E-state index in [9.17, 15) is 13.2 Å². The third-order valence-corrected chi connectivity index (χ3v) is 8.98. The van der Waals surface area contributed by atoms with E-state index in [4.69, 9.17) is 0 Å². The summed E-state index contributed by atoms with van der Waals surface area (Å²) in [5, 5.41) is 4.05. The van der Waals surface area contributed by atoms with Gasteiger partial charge in [0, 0.05) is 38.4 Å². The number of carbonyl (C=O) groups excluding carboxylic acids is 1. The first kappa shape index (κ1) is 29.3. The maximum absolute atomic E-state index is 12.6. The summed E-state index contributed by atoms with van der Waals surface area (Å²) in [7, 11) is 0.315. The first-order valence-corrected chi connectivity index (χ1v) is 15.2. The lowest BCUT2D eigenvalue weighted by molar-refractivity contribution is 0.0942. The number of aryl methyl sites for hydroxylation is 2. The van der Waals surface area contributed by atoms with E-state index in [0.29, 0.717) is 18.0 Å². The number of hydrogen-bond acceptors (Lipinski definition) is 6. The van der Waals surface area contributed by atoms with Gasteiger partial charge in [-0.3, -0.25) is 4.79 Å².